The largest absolute Gasteiger partial charge is 0.299 e. The number of rotatable bonds is 3. The minimum absolute atomic E-state index is 0.196. The molecule has 0 aromatic carbocycles. The van der Waals surface area contributed by atoms with Crippen LogP contribution in [0.4, 0.5) is 0 Å². The third-order valence-corrected chi connectivity index (χ3v) is 3.16. The molecule has 0 rings (SSSR count). The van der Waals surface area contributed by atoms with E-state index in [0.717, 1.165) is 0 Å². The predicted molar refractivity (Wildman–Crippen MR) is 66.9 cm³/mol. The smallest absolute Gasteiger partial charge is 0.138 e. The van der Waals surface area contributed by atoms with Crippen molar-refractivity contribution in [1.82, 2.24) is 0 Å². The first kappa shape index (κ1) is 14.7. The van der Waals surface area contributed by atoms with Crippen molar-refractivity contribution in [2.45, 2.75) is 61.8 Å². The van der Waals surface area contributed by atoms with E-state index in [4.69, 9.17) is 0 Å². The zero-order chi connectivity index (χ0) is 12.4. The van der Waals surface area contributed by atoms with Gasteiger partial charge in [-0.2, -0.15) is 0 Å². The van der Waals surface area contributed by atoms with Crippen LogP contribution in [0.3, 0.4) is 0 Å². The van der Waals surface area contributed by atoms with Gasteiger partial charge in [-0.15, -0.1) is 0 Å². The molecule has 0 fully saturated rings. The number of ketones is 1. The van der Waals surface area contributed by atoms with Crippen LogP contribution in [0.15, 0.2) is 0 Å². The lowest BCUT2D eigenvalue weighted by Gasteiger charge is -2.35. The summed E-state index contributed by atoms with van der Waals surface area (Å²) in [6.07, 6.45) is 0.713. The van der Waals surface area contributed by atoms with Crippen LogP contribution in [0.25, 0.3) is 0 Å². The Balaban J connectivity index is 4.66. The average molecular weight is 212 g/mol. The Morgan fingerprint density at radius 2 is 1.40 bits per heavy atom. The maximum absolute atomic E-state index is 12.0. The van der Waals surface area contributed by atoms with Crippen LogP contribution in [0.1, 0.15) is 61.8 Å². The van der Waals surface area contributed by atoms with E-state index in [0.29, 0.717) is 24.0 Å². The maximum atomic E-state index is 12.0. The molecule has 0 radical (unpaired) electrons. The van der Waals surface area contributed by atoms with E-state index >= 15 is 0 Å². The van der Waals surface area contributed by atoms with Crippen LogP contribution in [0, 0.1) is 22.7 Å². The molecule has 0 aliphatic heterocycles. The standard InChI is InChI=1S/C14H28O/c1-10(2)11(13(3,4)5)9-12(15)14(6,7)8/h10-11H,9H2,1-8H3/t11-/m0/s1. The number of hydrogen-bond acceptors (Lipinski definition) is 1. The molecule has 1 nitrogen and oxygen atoms in total. The highest BCUT2D eigenvalue weighted by molar-refractivity contribution is 5.83. The van der Waals surface area contributed by atoms with Crippen molar-refractivity contribution in [1.29, 1.82) is 0 Å². The quantitative estimate of drug-likeness (QED) is 0.681. The van der Waals surface area contributed by atoms with Gasteiger partial charge in [0.05, 0.1) is 0 Å². The summed E-state index contributed by atoms with van der Waals surface area (Å²) in [5.74, 6) is 1.43. The Hall–Kier alpha value is -0.330. The van der Waals surface area contributed by atoms with Gasteiger partial charge >= 0.3 is 0 Å². The van der Waals surface area contributed by atoms with Crippen molar-refractivity contribution in [2.24, 2.45) is 22.7 Å². The van der Waals surface area contributed by atoms with E-state index in [2.05, 4.69) is 34.6 Å². The van der Waals surface area contributed by atoms with Gasteiger partial charge in [0, 0.05) is 11.8 Å². The second kappa shape index (κ2) is 4.67. The SMILES string of the molecule is CC(C)[C@H](CC(=O)C(C)(C)C)C(C)(C)C. The normalized spacial score (nSPS) is 15.5. The van der Waals surface area contributed by atoms with E-state index in [1.807, 2.05) is 20.8 Å². The molecular formula is C14H28O. The third kappa shape index (κ3) is 4.81. The summed E-state index contributed by atoms with van der Waals surface area (Å²) in [5.41, 5.74) is 0.0213. The van der Waals surface area contributed by atoms with Crippen LogP contribution in [0.5, 0.6) is 0 Å². The Kier molecular flexibility index (Phi) is 4.57. The highest BCUT2D eigenvalue weighted by Gasteiger charge is 2.32. The zero-order valence-electron chi connectivity index (χ0n) is 11.8. The molecule has 0 N–H and O–H groups in total. The van der Waals surface area contributed by atoms with E-state index in [1.54, 1.807) is 0 Å². The van der Waals surface area contributed by atoms with E-state index < -0.39 is 0 Å². The molecule has 0 aromatic heterocycles. The summed E-state index contributed by atoms with van der Waals surface area (Å²) in [5, 5.41) is 0. The van der Waals surface area contributed by atoms with Gasteiger partial charge in [0.15, 0.2) is 0 Å². The Morgan fingerprint density at radius 3 is 1.60 bits per heavy atom. The molecule has 0 heterocycles. The first-order valence-corrected chi connectivity index (χ1v) is 5.99. The predicted octanol–water partition coefficient (Wildman–Crippen LogP) is 4.31. The molecule has 0 aromatic rings. The number of hydrogen-bond donors (Lipinski definition) is 0. The van der Waals surface area contributed by atoms with Gasteiger partial charge in [-0.1, -0.05) is 55.4 Å². The number of Topliss-reactive ketones (excluding diaryl/α,β-unsaturated/α-hetero) is 1. The molecule has 0 spiro atoms. The molecule has 0 amide bonds. The Labute approximate surface area is 95.6 Å². The molecular weight excluding hydrogens is 184 g/mol. The monoisotopic (exact) mass is 212 g/mol. The summed E-state index contributed by atoms with van der Waals surface area (Å²) in [6.45, 7) is 17.1. The Bertz CT molecular complexity index is 212. The minimum atomic E-state index is -0.196. The molecule has 1 atom stereocenters. The van der Waals surface area contributed by atoms with Crippen molar-refractivity contribution >= 4 is 5.78 Å². The lowest BCUT2D eigenvalue weighted by molar-refractivity contribution is -0.128. The van der Waals surface area contributed by atoms with E-state index in [-0.39, 0.29) is 10.8 Å². The number of carbonyl (C=O) groups is 1. The maximum Gasteiger partial charge on any atom is 0.138 e. The van der Waals surface area contributed by atoms with Gasteiger partial charge in [-0.25, -0.2) is 0 Å². The minimum Gasteiger partial charge on any atom is -0.299 e. The van der Waals surface area contributed by atoms with Gasteiger partial charge in [0.2, 0.25) is 0 Å². The second-order valence-corrected chi connectivity index (χ2v) is 7.09. The molecule has 90 valence electrons. The van der Waals surface area contributed by atoms with Crippen molar-refractivity contribution in [3.05, 3.63) is 0 Å². The summed E-state index contributed by atoms with van der Waals surface area (Å²) >= 11 is 0. The fourth-order valence-corrected chi connectivity index (χ4v) is 2.05. The van der Waals surface area contributed by atoms with Crippen LogP contribution >= 0.6 is 0 Å². The topological polar surface area (TPSA) is 17.1 Å². The molecule has 1 heteroatoms. The molecule has 15 heavy (non-hydrogen) atoms. The summed E-state index contributed by atoms with van der Waals surface area (Å²) < 4.78 is 0. The van der Waals surface area contributed by atoms with Crippen molar-refractivity contribution in [3.63, 3.8) is 0 Å². The van der Waals surface area contributed by atoms with Gasteiger partial charge < -0.3 is 0 Å². The number of carbonyl (C=O) groups excluding carboxylic acids is 1. The van der Waals surface area contributed by atoms with Gasteiger partial charge in [-0.05, 0) is 17.3 Å². The summed E-state index contributed by atoms with van der Waals surface area (Å²) in [6, 6.07) is 0. The molecule has 0 saturated carbocycles. The van der Waals surface area contributed by atoms with Crippen LogP contribution in [-0.4, -0.2) is 5.78 Å². The van der Waals surface area contributed by atoms with Gasteiger partial charge in [0.25, 0.3) is 0 Å². The lowest BCUT2D eigenvalue weighted by atomic mass is 9.69. The molecule has 0 aliphatic rings. The summed E-state index contributed by atoms with van der Waals surface area (Å²) in [7, 11) is 0. The zero-order valence-corrected chi connectivity index (χ0v) is 11.8. The van der Waals surface area contributed by atoms with Crippen LogP contribution in [0.2, 0.25) is 0 Å². The van der Waals surface area contributed by atoms with Crippen molar-refractivity contribution in [2.75, 3.05) is 0 Å². The highest BCUT2D eigenvalue weighted by atomic mass is 16.1. The fraction of sp³-hybridized carbons (Fsp3) is 0.929. The molecule has 0 aliphatic carbocycles. The lowest BCUT2D eigenvalue weighted by Crippen LogP contribution is -2.32. The van der Waals surface area contributed by atoms with Crippen LogP contribution < -0.4 is 0 Å². The average Bonchev–Trinajstić information content (AvgIpc) is 1.94. The first-order valence-electron chi connectivity index (χ1n) is 5.99. The first-order chi connectivity index (χ1) is 6.46. The van der Waals surface area contributed by atoms with E-state index in [1.165, 1.54) is 0 Å². The molecule has 0 saturated heterocycles. The van der Waals surface area contributed by atoms with Crippen LogP contribution in [-0.2, 0) is 4.79 Å². The summed E-state index contributed by atoms with van der Waals surface area (Å²) in [4.78, 5) is 12.0. The van der Waals surface area contributed by atoms with E-state index in [9.17, 15) is 4.79 Å². The second-order valence-electron chi connectivity index (χ2n) is 7.09. The van der Waals surface area contributed by atoms with Crippen molar-refractivity contribution < 1.29 is 4.79 Å². The fourth-order valence-electron chi connectivity index (χ4n) is 2.05. The Morgan fingerprint density at radius 1 is 1.00 bits per heavy atom. The van der Waals surface area contributed by atoms with Gasteiger partial charge in [-0.3, -0.25) is 4.79 Å². The third-order valence-electron chi connectivity index (χ3n) is 3.16. The van der Waals surface area contributed by atoms with Gasteiger partial charge in [0.1, 0.15) is 5.78 Å². The molecule has 0 unspecified atom stereocenters. The molecule has 0 bridgehead atoms. The van der Waals surface area contributed by atoms with Crippen molar-refractivity contribution in [3.8, 4) is 0 Å². The highest BCUT2D eigenvalue weighted by Crippen LogP contribution is 2.36.